The quantitative estimate of drug-likeness (QED) is 0.524. The van der Waals surface area contributed by atoms with E-state index in [1.54, 1.807) is 0 Å². The number of aliphatic hydroxyl groups excluding tert-OH is 1. The molecule has 1 aliphatic rings. The number of para-hydroxylation sites is 1. The van der Waals surface area contributed by atoms with Crippen LogP contribution in [-0.4, -0.2) is 35.3 Å². The van der Waals surface area contributed by atoms with Gasteiger partial charge in [-0.05, 0) is 42.0 Å². The van der Waals surface area contributed by atoms with Gasteiger partial charge in [0.25, 0.3) is 0 Å². The summed E-state index contributed by atoms with van der Waals surface area (Å²) in [6.07, 6.45) is 0. The normalized spacial score (nSPS) is 12.9. The molecule has 0 saturated heterocycles. The highest BCUT2D eigenvalue weighted by Gasteiger charge is 2.26. The number of benzene rings is 3. The summed E-state index contributed by atoms with van der Waals surface area (Å²) >= 11 is 0. The molecule has 146 valence electrons. The number of hydrogen-bond acceptors (Lipinski definition) is 4. The Kier molecular flexibility index (Phi) is 4.25. The fourth-order valence-corrected chi connectivity index (χ4v) is 4.28. The molecule has 0 saturated carbocycles. The third-order valence-electron chi connectivity index (χ3n) is 5.56. The average Bonchev–Trinajstić information content (AvgIpc) is 3.05. The lowest BCUT2D eigenvalue weighted by atomic mass is 9.95. The number of hydrogen-bond donors (Lipinski definition) is 1. The van der Waals surface area contributed by atoms with E-state index in [4.69, 9.17) is 14.6 Å². The summed E-state index contributed by atoms with van der Waals surface area (Å²) in [6.45, 7) is 3.57. The van der Waals surface area contributed by atoms with Gasteiger partial charge in [0.2, 0.25) is 0 Å². The molecule has 1 aliphatic heterocycles. The van der Waals surface area contributed by atoms with Gasteiger partial charge in [-0.1, -0.05) is 30.3 Å². The van der Waals surface area contributed by atoms with Gasteiger partial charge in [-0.3, -0.25) is 4.79 Å². The maximum absolute atomic E-state index is 13.7. The van der Waals surface area contributed by atoms with Crippen molar-refractivity contribution in [2.75, 3.05) is 19.8 Å². The van der Waals surface area contributed by atoms with Gasteiger partial charge in [0.05, 0.1) is 24.2 Å². The summed E-state index contributed by atoms with van der Waals surface area (Å²) < 4.78 is 13.5. The molecule has 0 atom stereocenters. The van der Waals surface area contributed by atoms with Crippen molar-refractivity contribution in [2.24, 2.45) is 0 Å². The van der Waals surface area contributed by atoms with Crippen molar-refractivity contribution in [2.45, 2.75) is 13.5 Å². The van der Waals surface area contributed by atoms with Crippen molar-refractivity contribution in [3.8, 4) is 11.5 Å². The maximum Gasteiger partial charge on any atom is 0.196 e. The number of carbonyl (C=O) groups excluding carboxylic acids is 1. The van der Waals surface area contributed by atoms with Crippen molar-refractivity contribution < 1.29 is 19.4 Å². The molecule has 4 aromatic rings. The second-order valence-corrected chi connectivity index (χ2v) is 7.20. The summed E-state index contributed by atoms with van der Waals surface area (Å²) in [6, 6.07) is 17.3. The molecule has 0 spiro atoms. The first-order valence-electron chi connectivity index (χ1n) is 9.75. The van der Waals surface area contributed by atoms with Crippen LogP contribution in [0.15, 0.2) is 54.6 Å². The second-order valence-electron chi connectivity index (χ2n) is 7.20. The summed E-state index contributed by atoms with van der Waals surface area (Å²) in [7, 11) is 0. The first kappa shape index (κ1) is 17.8. The highest BCUT2D eigenvalue weighted by atomic mass is 16.5. The van der Waals surface area contributed by atoms with Crippen LogP contribution in [0.3, 0.4) is 0 Å². The van der Waals surface area contributed by atoms with E-state index in [9.17, 15) is 4.79 Å². The summed E-state index contributed by atoms with van der Waals surface area (Å²) in [5, 5.41) is 11.7. The van der Waals surface area contributed by atoms with Crippen LogP contribution < -0.4 is 9.47 Å². The molecule has 0 amide bonds. The molecule has 2 heterocycles. The number of rotatable bonds is 5. The minimum absolute atomic E-state index is 0.0138. The number of carbonyl (C=O) groups is 1. The van der Waals surface area contributed by atoms with Gasteiger partial charge >= 0.3 is 0 Å². The monoisotopic (exact) mass is 387 g/mol. The van der Waals surface area contributed by atoms with E-state index in [0.717, 1.165) is 45.2 Å². The van der Waals surface area contributed by atoms with Gasteiger partial charge in [0.15, 0.2) is 5.78 Å². The molecule has 1 N–H and O–H groups in total. The van der Waals surface area contributed by atoms with Crippen molar-refractivity contribution in [1.82, 2.24) is 4.57 Å². The van der Waals surface area contributed by atoms with Crippen molar-refractivity contribution in [3.05, 3.63) is 71.4 Å². The van der Waals surface area contributed by atoms with Crippen LogP contribution in [0.5, 0.6) is 11.5 Å². The molecular formula is C24H21NO4. The number of nitrogens with zero attached hydrogens (tertiary/aromatic N) is 1. The molecule has 5 heteroatoms. The third kappa shape index (κ3) is 2.77. The molecule has 29 heavy (non-hydrogen) atoms. The number of aliphatic hydroxyl groups is 1. The fraction of sp³-hybridized carbons (Fsp3) is 0.208. The van der Waals surface area contributed by atoms with E-state index < -0.39 is 0 Å². The van der Waals surface area contributed by atoms with Crippen LogP contribution >= 0.6 is 0 Å². The Morgan fingerprint density at radius 2 is 2.00 bits per heavy atom. The first-order valence-corrected chi connectivity index (χ1v) is 9.75. The van der Waals surface area contributed by atoms with Crippen LogP contribution in [0.1, 0.15) is 21.6 Å². The van der Waals surface area contributed by atoms with Crippen LogP contribution in [0.4, 0.5) is 0 Å². The molecule has 1 aromatic heterocycles. The molecule has 5 nitrogen and oxygen atoms in total. The summed E-state index contributed by atoms with van der Waals surface area (Å²) in [5.74, 6) is 1.52. The average molecular weight is 387 g/mol. The third-order valence-corrected chi connectivity index (χ3v) is 5.56. The van der Waals surface area contributed by atoms with Crippen LogP contribution in [-0.2, 0) is 6.54 Å². The Morgan fingerprint density at radius 1 is 1.14 bits per heavy atom. The molecular weight excluding hydrogens is 366 g/mol. The first-order chi connectivity index (χ1) is 14.2. The predicted molar refractivity (Wildman–Crippen MR) is 112 cm³/mol. The van der Waals surface area contributed by atoms with Gasteiger partial charge in [-0.2, -0.15) is 0 Å². The van der Waals surface area contributed by atoms with Crippen LogP contribution in [0.25, 0.3) is 21.7 Å². The zero-order chi connectivity index (χ0) is 20.0. The highest BCUT2D eigenvalue weighted by molar-refractivity contribution is 6.22. The number of aromatic nitrogens is 1. The molecule has 0 aliphatic carbocycles. The van der Waals surface area contributed by atoms with Gasteiger partial charge in [0.1, 0.15) is 24.7 Å². The molecule has 0 radical (unpaired) electrons. The topological polar surface area (TPSA) is 60.7 Å². The molecule has 5 rings (SSSR count). The molecule has 3 aromatic carbocycles. The lowest BCUT2D eigenvalue weighted by molar-refractivity contribution is 0.104. The lowest BCUT2D eigenvalue weighted by Crippen LogP contribution is -2.15. The number of fused-ring (bicyclic) bond motifs is 1. The van der Waals surface area contributed by atoms with Crippen molar-refractivity contribution >= 4 is 27.5 Å². The fourth-order valence-electron chi connectivity index (χ4n) is 4.28. The predicted octanol–water partition coefficient (Wildman–Crippen LogP) is 4.10. The SMILES string of the molecule is Cc1c(C(=O)c2cccc3cc(OCCO)ccc23)c2cccc3c2n1CCO3. The smallest absolute Gasteiger partial charge is 0.196 e. The largest absolute Gasteiger partial charge is 0.491 e. The van der Waals surface area contributed by atoms with E-state index in [1.807, 2.05) is 61.5 Å². The summed E-state index contributed by atoms with van der Waals surface area (Å²) in [4.78, 5) is 13.7. The zero-order valence-electron chi connectivity index (χ0n) is 16.1. The summed E-state index contributed by atoms with van der Waals surface area (Å²) in [5.41, 5.74) is 3.38. The van der Waals surface area contributed by atoms with E-state index in [1.165, 1.54) is 0 Å². The molecule has 0 bridgehead atoms. The van der Waals surface area contributed by atoms with Gasteiger partial charge in [-0.25, -0.2) is 0 Å². The number of ketones is 1. The molecule has 0 fully saturated rings. The number of ether oxygens (including phenoxy) is 2. The van der Waals surface area contributed by atoms with E-state index in [0.29, 0.717) is 17.9 Å². The maximum atomic E-state index is 13.7. The minimum Gasteiger partial charge on any atom is -0.491 e. The van der Waals surface area contributed by atoms with Gasteiger partial charge < -0.3 is 19.1 Å². The van der Waals surface area contributed by atoms with Gasteiger partial charge in [-0.15, -0.1) is 0 Å². The zero-order valence-corrected chi connectivity index (χ0v) is 16.1. The Balaban J connectivity index is 1.66. The van der Waals surface area contributed by atoms with Crippen molar-refractivity contribution in [1.29, 1.82) is 0 Å². The van der Waals surface area contributed by atoms with Crippen LogP contribution in [0.2, 0.25) is 0 Å². The standard InChI is InChI=1S/C24H21NO4/c1-15-22(20-6-3-7-21-23(20)25(15)10-12-29-21)24(27)19-5-2-4-16-14-17(28-13-11-26)8-9-18(16)19/h2-9,14,26H,10-13H2,1H3. The highest BCUT2D eigenvalue weighted by Crippen LogP contribution is 2.37. The van der Waals surface area contributed by atoms with Crippen LogP contribution in [0, 0.1) is 6.92 Å². The van der Waals surface area contributed by atoms with E-state index in [-0.39, 0.29) is 19.0 Å². The van der Waals surface area contributed by atoms with E-state index >= 15 is 0 Å². The second kappa shape index (κ2) is 6.94. The minimum atomic E-state index is -0.0361. The van der Waals surface area contributed by atoms with Crippen molar-refractivity contribution in [3.63, 3.8) is 0 Å². The lowest BCUT2D eigenvalue weighted by Gasteiger charge is -2.17. The Morgan fingerprint density at radius 3 is 2.86 bits per heavy atom. The van der Waals surface area contributed by atoms with Gasteiger partial charge in [0, 0.05) is 16.6 Å². The Labute approximate surface area is 168 Å². The Bertz CT molecular complexity index is 1250. The molecule has 0 unspecified atom stereocenters. The Hall–Kier alpha value is -3.31. The van der Waals surface area contributed by atoms with E-state index in [2.05, 4.69) is 4.57 Å².